The van der Waals surface area contributed by atoms with Crippen LogP contribution in [0.15, 0.2) is 47.6 Å². The lowest BCUT2D eigenvalue weighted by Gasteiger charge is -2.04. The van der Waals surface area contributed by atoms with Crippen molar-refractivity contribution in [3.8, 4) is 0 Å². The minimum absolute atomic E-state index is 0.0330. The van der Waals surface area contributed by atoms with Crippen LogP contribution in [0.1, 0.15) is 0 Å². The second-order valence-corrected chi connectivity index (χ2v) is 2.73. The van der Waals surface area contributed by atoms with E-state index in [2.05, 4.69) is 4.74 Å². The molecular formula is C11H10O4. The third-order valence-corrected chi connectivity index (χ3v) is 1.79. The molecule has 1 rings (SSSR count). The zero-order valence-corrected chi connectivity index (χ0v) is 8.14. The number of carboxylic acids is 1. The molecule has 0 heterocycles. The summed E-state index contributed by atoms with van der Waals surface area (Å²) in [6, 6.07) is 0. The van der Waals surface area contributed by atoms with Gasteiger partial charge < -0.3 is 9.84 Å². The SMILES string of the molecule is COC(=O)C1=C(C(=O)O)/C=C\C=C/C=C\1. The van der Waals surface area contributed by atoms with Crippen LogP contribution in [0.3, 0.4) is 0 Å². The van der Waals surface area contributed by atoms with Crippen LogP contribution in [0, 0.1) is 0 Å². The Morgan fingerprint density at radius 3 is 2.07 bits per heavy atom. The number of allylic oxidation sites excluding steroid dienone is 4. The van der Waals surface area contributed by atoms with Gasteiger partial charge in [-0.25, -0.2) is 9.59 Å². The summed E-state index contributed by atoms with van der Waals surface area (Å²) in [7, 11) is 1.21. The molecule has 78 valence electrons. The molecule has 0 aromatic heterocycles. The smallest absolute Gasteiger partial charge is 0.338 e. The van der Waals surface area contributed by atoms with E-state index in [1.54, 1.807) is 24.3 Å². The number of hydrogen-bond donors (Lipinski definition) is 1. The van der Waals surface area contributed by atoms with Crippen molar-refractivity contribution >= 4 is 11.9 Å². The highest BCUT2D eigenvalue weighted by Crippen LogP contribution is 2.12. The quantitative estimate of drug-likeness (QED) is 0.690. The van der Waals surface area contributed by atoms with Crippen LogP contribution < -0.4 is 0 Å². The summed E-state index contributed by atoms with van der Waals surface area (Å²) in [5, 5.41) is 8.90. The molecule has 0 radical (unpaired) electrons. The number of aliphatic carboxylic acids is 1. The number of carboxylic acid groups (broad SMARTS) is 1. The van der Waals surface area contributed by atoms with Crippen molar-refractivity contribution in [1.82, 2.24) is 0 Å². The fourth-order valence-electron chi connectivity index (χ4n) is 1.09. The number of methoxy groups -OCH3 is 1. The first-order valence-electron chi connectivity index (χ1n) is 4.24. The molecular weight excluding hydrogens is 196 g/mol. The third kappa shape index (κ3) is 2.67. The summed E-state index contributed by atoms with van der Waals surface area (Å²) >= 11 is 0. The van der Waals surface area contributed by atoms with Gasteiger partial charge >= 0.3 is 11.9 Å². The molecule has 4 heteroatoms. The van der Waals surface area contributed by atoms with E-state index in [9.17, 15) is 9.59 Å². The van der Waals surface area contributed by atoms with Crippen molar-refractivity contribution in [3.05, 3.63) is 47.6 Å². The highest BCUT2D eigenvalue weighted by atomic mass is 16.5. The first-order chi connectivity index (χ1) is 7.16. The van der Waals surface area contributed by atoms with Crippen LogP contribution in [0.25, 0.3) is 0 Å². The maximum absolute atomic E-state index is 11.3. The number of hydrogen-bond acceptors (Lipinski definition) is 3. The lowest BCUT2D eigenvalue weighted by atomic mass is 10.1. The van der Waals surface area contributed by atoms with E-state index in [1.807, 2.05) is 0 Å². The Hall–Kier alpha value is -2.10. The average Bonchev–Trinajstić information content (AvgIpc) is 2.16. The van der Waals surface area contributed by atoms with Crippen molar-refractivity contribution in [2.24, 2.45) is 0 Å². The van der Waals surface area contributed by atoms with E-state index >= 15 is 0 Å². The molecule has 0 spiro atoms. The van der Waals surface area contributed by atoms with Gasteiger partial charge in [-0.3, -0.25) is 0 Å². The van der Waals surface area contributed by atoms with Gasteiger partial charge in [0.05, 0.1) is 18.3 Å². The molecule has 15 heavy (non-hydrogen) atoms. The normalized spacial score (nSPS) is 25.9. The zero-order valence-electron chi connectivity index (χ0n) is 8.14. The van der Waals surface area contributed by atoms with Crippen LogP contribution in [0.5, 0.6) is 0 Å². The maximum Gasteiger partial charge on any atom is 0.338 e. The number of carbonyl (C=O) groups excluding carboxylic acids is 1. The summed E-state index contributed by atoms with van der Waals surface area (Å²) in [6.45, 7) is 0. The zero-order chi connectivity index (χ0) is 11.3. The van der Waals surface area contributed by atoms with Crippen molar-refractivity contribution in [1.29, 1.82) is 0 Å². The molecule has 0 aliphatic heterocycles. The van der Waals surface area contributed by atoms with Gasteiger partial charge in [-0.2, -0.15) is 0 Å². The molecule has 0 saturated heterocycles. The Labute approximate surface area is 86.9 Å². The molecule has 0 bridgehead atoms. The van der Waals surface area contributed by atoms with Crippen molar-refractivity contribution in [3.63, 3.8) is 0 Å². The standard InChI is InChI=1S/C11H10O4/c1-15-11(14)9-7-5-3-2-4-6-8(9)10(12)13/h2-7H,1H3,(H,12,13)/b3-2-,4-2?,5-3?,6-4-,7-5-,8-6?,9-7?,9-8-. The molecule has 0 aromatic carbocycles. The van der Waals surface area contributed by atoms with E-state index < -0.39 is 11.9 Å². The number of esters is 1. The first kappa shape index (κ1) is 11.0. The van der Waals surface area contributed by atoms with Crippen molar-refractivity contribution in [2.75, 3.05) is 7.11 Å². The number of ether oxygens (including phenoxy) is 1. The summed E-state index contributed by atoms with van der Waals surface area (Å²) in [4.78, 5) is 22.2. The highest BCUT2D eigenvalue weighted by Gasteiger charge is 2.16. The molecule has 0 amide bonds. The fourth-order valence-corrected chi connectivity index (χ4v) is 1.09. The molecule has 4 nitrogen and oxygen atoms in total. The van der Waals surface area contributed by atoms with Gasteiger partial charge in [0.15, 0.2) is 0 Å². The van der Waals surface area contributed by atoms with E-state index in [1.165, 1.54) is 19.3 Å². The predicted octanol–water partition coefficient (Wildman–Crippen LogP) is 1.22. The molecule has 0 unspecified atom stereocenters. The predicted molar refractivity (Wildman–Crippen MR) is 54.1 cm³/mol. The Morgan fingerprint density at radius 1 is 1.07 bits per heavy atom. The highest BCUT2D eigenvalue weighted by molar-refractivity contribution is 6.03. The van der Waals surface area contributed by atoms with Crippen LogP contribution in [0.2, 0.25) is 0 Å². The van der Waals surface area contributed by atoms with Crippen LogP contribution >= 0.6 is 0 Å². The summed E-state index contributed by atoms with van der Waals surface area (Å²) in [5.74, 6) is -1.82. The van der Waals surface area contributed by atoms with Gasteiger partial charge in [-0.1, -0.05) is 24.3 Å². The van der Waals surface area contributed by atoms with Crippen LogP contribution in [0.4, 0.5) is 0 Å². The average molecular weight is 206 g/mol. The number of rotatable bonds is 2. The van der Waals surface area contributed by atoms with Gasteiger partial charge in [0.1, 0.15) is 0 Å². The minimum atomic E-state index is -1.16. The molecule has 1 N–H and O–H groups in total. The summed E-state index contributed by atoms with van der Waals surface area (Å²) in [5.41, 5.74) is -0.0481. The van der Waals surface area contributed by atoms with E-state index in [4.69, 9.17) is 5.11 Å². The molecule has 1 aliphatic rings. The Bertz CT molecular complexity index is 397. The monoisotopic (exact) mass is 206 g/mol. The lowest BCUT2D eigenvalue weighted by Crippen LogP contribution is -2.10. The topological polar surface area (TPSA) is 63.6 Å². The van der Waals surface area contributed by atoms with E-state index in [-0.39, 0.29) is 11.1 Å². The Morgan fingerprint density at radius 2 is 1.60 bits per heavy atom. The second-order valence-electron chi connectivity index (χ2n) is 2.73. The van der Waals surface area contributed by atoms with Crippen LogP contribution in [-0.4, -0.2) is 24.2 Å². The third-order valence-electron chi connectivity index (χ3n) is 1.79. The van der Waals surface area contributed by atoms with Gasteiger partial charge in [0, 0.05) is 0 Å². The molecule has 0 aromatic rings. The summed E-state index contributed by atoms with van der Waals surface area (Å²) in [6.07, 6.45) is 9.27. The van der Waals surface area contributed by atoms with Gasteiger partial charge in [0.2, 0.25) is 0 Å². The maximum atomic E-state index is 11.3. The molecule has 0 atom stereocenters. The van der Waals surface area contributed by atoms with Gasteiger partial charge in [-0.05, 0) is 12.2 Å². The fraction of sp³-hybridized carbons (Fsp3) is 0.0909. The molecule has 0 fully saturated rings. The largest absolute Gasteiger partial charge is 0.478 e. The van der Waals surface area contributed by atoms with Crippen molar-refractivity contribution < 1.29 is 19.4 Å². The molecule has 1 aliphatic carbocycles. The van der Waals surface area contributed by atoms with Crippen molar-refractivity contribution in [2.45, 2.75) is 0 Å². The second kappa shape index (κ2) is 4.95. The van der Waals surface area contributed by atoms with Gasteiger partial charge in [0.25, 0.3) is 0 Å². The molecule has 0 saturated carbocycles. The minimum Gasteiger partial charge on any atom is -0.478 e. The van der Waals surface area contributed by atoms with Crippen LogP contribution in [-0.2, 0) is 14.3 Å². The number of carbonyl (C=O) groups is 2. The Kier molecular flexibility index (Phi) is 3.62. The van der Waals surface area contributed by atoms with E-state index in [0.29, 0.717) is 0 Å². The lowest BCUT2D eigenvalue weighted by molar-refractivity contribution is -0.137. The van der Waals surface area contributed by atoms with E-state index in [0.717, 1.165) is 0 Å². The Balaban J connectivity index is 3.25. The first-order valence-corrected chi connectivity index (χ1v) is 4.24. The van der Waals surface area contributed by atoms with Gasteiger partial charge in [-0.15, -0.1) is 0 Å². The summed E-state index contributed by atoms with van der Waals surface area (Å²) < 4.78 is 4.50.